The summed E-state index contributed by atoms with van der Waals surface area (Å²) in [6, 6.07) is 12.7. The Kier molecular flexibility index (Phi) is 3.69. The van der Waals surface area contributed by atoms with Crippen molar-refractivity contribution in [3.8, 4) is 17.1 Å². The van der Waals surface area contributed by atoms with Crippen LogP contribution < -0.4 is 10.7 Å². The van der Waals surface area contributed by atoms with Crippen molar-refractivity contribution in [1.29, 1.82) is 0 Å². The quantitative estimate of drug-likeness (QED) is 0.779. The van der Waals surface area contributed by atoms with E-state index < -0.39 is 0 Å². The van der Waals surface area contributed by atoms with Gasteiger partial charge < -0.3 is 14.8 Å². The molecule has 0 bridgehead atoms. The molecule has 0 aliphatic carbocycles. The topological polar surface area (TPSA) is 62.5 Å². The molecule has 4 heteroatoms. The molecular weight excluding hydrogens is 278 g/mol. The van der Waals surface area contributed by atoms with Crippen molar-refractivity contribution in [3.05, 3.63) is 63.8 Å². The van der Waals surface area contributed by atoms with Crippen molar-refractivity contribution in [2.75, 3.05) is 7.05 Å². The van der Waals surface area contributed by atoms with Gasteiger partial charge in [0.05, 0.1) is 10.9 Å². The Balaban J connectivity index is 2.39. The van der Waals surface area contributed by atoms with Gasteiger partial charge in [-0.15, -0.1) is 0 Å². The van der Waals surface area contributed by atoms with Crippen molar-refractivity contribution in [2.24, 2.45) is 0 Å². The molecule has 0 aliphatic rings. The molecule has 3 aromatic rings. The molecule has 2 aromatic carbocycles. The molecule has 0 aliphatic heterocycles. The summed E-state index contributed by atoms with van der Waals surface area (Å²) < 4.78 is 6.02. The van der Waals surface area contributed by atoms with Crippen molar-refractivity contribution in [3.63, 3.8) is 0 Å². The van der Waals surface area contributed by atoms with Crippen LogP contribution in [0.15, 0.2) is 51.7 Å². The Hall–Kier alpha value is -2.59. The number of rotatable bonds is 3. The molecule has 0 amide bonds. The lowest BCUT2D eigenvalue weighted by molar-refractivity contribution is 0.464. The molecule has 0 spiro atoms. The van der Waals surface area contributed by atoms with Crippen molar-refractivity contribution in [1.82, 2.24) is 5.32 Å². The lowest BCUT2D eigenvalue weighted by Gasteiger charge is -2.11. The SMILES string of the molecule is CNCc1c(O)ccc2c(=O)c(C)c(-c3ccccc3)oc12. The average Bonchev–Trinajstić information content (AvgIpc) is 2.54. The van der Waals surface area contributed by atoms with Crippen LogP contribution in [-0.4, -0.2) is 12.2 Å². The first kappa shape index (κ1) is 14.4. The molecule has 22 heavy (non-hydrogen) atoms. The zero-order valence-electron chi connectivity index (χ0n) is 12.5. The molecule has 3 rings (SSSR count). The molecule has 0 fully saturated rings. The maximum atomic E-state index is 12.6. The zero-order valence-corrected chi connectivity index (χ0v) is 12.5. The van der Waals surface area contributed by atoms with E-state index in [0.717, 1.165) is 5.56 Å². The summed E-state index contributed by atoms with van der Waals surface area (Å²) in [5, 5.41) is 13.5. The highest BCUT2D eigenvalue weighted by Gasteiger charge is 2.16. The third-order valence-corrected chi connectivity index (χ3v) is 3.76. The smallest absolute Gasteiger partial charge is 0.196 e. The Bertz CT molecular complexity index is 882. The highest BCUT2D eigenvalue weighted by molar-refractivity contribution is 5.84. The summed E-state index contributed by atoms with van der Waals surface area (Å²) in [5.74, 6) is 0.661. The average molecular weight is 295 g/mol. The Morgan fingerprint density at radius 3 is 2.55 bits per heavy atom. The third kappa shape index (κ3) is 2.27. The standard InChI is InChI=1S/C18H17NO3/c1-11-16(21)13-8-9-15(20)14(10-19-2)18(13)22-17(11)12-6-4-3-5-7-12/h3-9,19-20H,10H2,1-2H3. The van der Waals surface area contributed by atoms with E-state index in [-0.39, 0.29) is 11.2 Å². The summed E-state index contributed by atoms with van der Waals surface area (Å²) in [6.45, 7) is 2.18. The van der Waals surface area contributed by atoms with Gasteiger partial charge in [-0.25, -0.2) is 0 Å². The normalized spacial score (nSPS) is 11.0. The summed E-state index contributed by atoms with van der Waals surface area (Å²) in [6.07, 6.45) is 0. The predicted octanol–water partition coefficient (Wildman–Crippen LogP) is 3.19. The fourth-order valence-corrected chi connectivity index (χ4v) is 2.61. The van der Waals surface area contributed by atoms with E-state index in [0.29, 0.717) is 34.4 Å². The number of hydrogen-bond donors (Lipinski definition) is 2. The second kappa shape index (κ2) is 5.66. The summed E-state index contributed by atoms with van der Waals surface area (Å²) in [5.41, 5.74) is 2.37. The van der Waals surface area contributed by atoms with E-state index in [2.05, 4.69) is 5.32 Å². The van der Waals surface area contributed by atoms with E-state index in [1.807, 2.05) is 30.3 Å². The van der Waals surface area contributed by atoms with Gasteiger partial charge in [0.1, 0.15) is 17.1 Å². The number of hydrogen-bond acceptors (Lipinski definition) is 4. The van der Waals surface area contributed by atoms with Gasteiger partial charge in [0.25, 0.3) is 0 Å². The van der Waals surface area contributed by atoms with Gasteiger partial charge in [-0.3, -0.25) is 4.79 Å². The van der Waals surface area contributed by atoms with Crippen molar-refractivity contribution < 1.29 is 9.52 Å². The summed E-state index contributed by atoms with van der Waals surface area (Å²) in [7, 11) is 1.78. The first-order valence-electron chi connectivity index (χ1n) is 7.11. The first-order valence-corrected chi connectivity index (χ1v) is 7.11. The Morgan fingerprint density at radius 2 is 1.86 bits per heavy atom. The fourth-order valence-electron chi connectivity index (χ4n) is 2.61. The second-order valence-electron chi connectivity index (χ2n) is 5.22. The van der Waals surface area contributed by atoms with Crippen LogP contribution in [0.25, 0.3) is 22.3 Å². The zero-order chi connectivity index (χ0) is 15.7. The maximum absolute atomic E-state index is 12.6. The minimum absolute atomic E-state index is 0.0718. The predicted molar refractivity (Wildman–Crippen MR) is 87.1 cm³/mol. The Labute approximate surface area is 128 Å². The van der Waals surface area contributed by atoms with Gasteiger partial charge in [-0.2, -0.15) is 0 Å². The van der Waals surface area contributed by atoms with Crippen LogP contribution >= 0.6 is 0 Å². The van der Waals surface area contributed by atoms with Gasteiger partial charge >= 0.3 is 0 Å². The number of nitrogens with one attached hydrogen (secondary N) is 1. The number of benzene rings is 2. The van der Waals surface area contributed by atoms with Crippen LogP contribution in [-0.2, 0) is 6.54 Å². The highest BCUT2D eigenvalue weighted by atomic mass is 16.3. The van der Waals surface area contributed by atoms with Crippen LogP contribution in [0.1, 0.15) is 11.1 Å². The minimum atomic E-state index is -0.0718. The molecule has 1 heterocycles. The molecule has 4 nitrogen and oxygen atoms in total. The number of aromatic hydroxyl groups is 1. The highest BCUT2D eigenvalue weighted by Crippen LogP contribution is 2.30. The molecule has 0 radical (unpaired) electrons. The summed E-state index contributed by atoms with van der Waals surface area (Å²) >= 11 is 0. The largest absolute Gasteiger partial charge is 0.507 e. The molecule has 0 unspecified atom stereocenters. The van der Waals surface area contributed by atoms with Gasteiger partial charge in [0.2, 0.25) is 0 Å². The van der Waals surface area contributed by atoms with Crippen molar-refractivity contribution >= 4 is 11.0 Å². The number of fused-ring (bicyclic) bond motifs is 1. The van der Waals surface area contributed by atoms with Crippen LogP contribution in [0.4, 0.5) is 0 Å². The molecule has 2 N–H and O–H groups in total. The molecular formula is C18H17NO3. The molecule has 0 saturated carbocycles. The van der Waals surface area contributed by atoms with E-state index in [1.165, 1.54) is 6.07 Å². The number of phenolic OH excluding ortho intramolecular Hbond substituents is 1. The fraction of sp³-hybridized carbons (Fsp3) is 0.167. The molecule has 112 valence electrons. The Morgan fingerprint density at radius 1 is 1.14 bits per heavy atom. The third-order valence-electron chi connectivity index (χ3n) is 3.76. The van der Waals surface area contributed by atoms with Gasteiger partial charge in [0.15, 0.2) is 5.43 Å². The summed E-state index contributed by atoms with van der Waals surface area (Å²) in [4.78, 5) is 12.6. The van der Waals surface area contributed by atoms with Gasteiger partial charge in [-0.05, 0) is 26.1 Å². The monoisotopic (exact) mass is 295 g/mol. The lowest BCUT2D eigenvalue weighted by atomic mass is 10.0. The molecule has 1 aromatic heterocycles. The first-order chi connectivity index (χ1) is 10.6. The number of phenols is 1. The van der Waals surface area contributed by atoms with Crippen molar-refractivity contribution in [2.45, 2.75) is 13.5 Å². The second-order valence-corrected chi connectivity index (χ2v) is 5.22. The van der Waals surface area contributed by atoms with Gasteiger partial charge in [-0.1, -0.05) is 30.3 Å². The van der Waals surface area contributed by atoms with E-state index >= 15 is 0 Å². The van der Waals surface area contributed by atoms with E-state index in [4.69, 9.17) is 4.42 Å². The van der Waals surface area contributed by atoms with Crippen LogP contribution in [0.3, 0.4) is 0 Å². The van der Waals surface area contributed by atoms with Crippen LogP contribution in [0, 0.1) is 6.92 Å². The molecule has 0 saturated heterocycles. The maximum Gasteiger partial charge on any atom is 0.196 e. The minimum Gasteiger partial charge on any atom is -0.507 e. The van der Waals surface area contributed by atoms with E-state index in [1.54, 1.807) is 20.0 Å². The van der Waals surface area contributed by atoms with Crippen LogP contribution in [0.5, 0.6) is 5.75 Å². The molecule has 0 atom stereocenters. The van der Waals surface area contributed by atoms with Gasteiger partial charge in [0, 0.05) is 17.7 Å². The lowest BCUT2D eigenvalue weighted by Crippen LogP contribution is -2.11. The van der Waals surface area contributed by atoms with E-state index in [9.17, 15) is 9.90 Å². The van der Waals surface area contributed by atoms with Crippen LogP contribution in [0.2, 0.25) is 0 Å².